The molecule has 0 aromatic carbocycles. The Balaban J connectivity index is 5.06. The number of carboxylic acid groups (broad SMARTS) is 3. The second-order valence-corrected chi connectivity index (χ2v) is 9.06. The van der Waals surface area contributed by atoms with Gasteiger partial charge < -0.3 is 0 Å². The van der Waals surface area contributed by atoms with Gasteiger partial charge in [0, 0.05) is 0 Å². The second kappa shape index (κ2) is 15.9. The van der Waals surface area contributed by atoms with Gasteiger partial charge in [0.25, 0.3) is 0 Å². The Kier molecular flexibility index (Phi) is 15.0. The van der Waals surface area contributed by atoms with E-state index in [-0.39, 0.29) is 30.8 Å². The van der Waals surface area contributed by atoms with Crippen LogP contribution in [0.3, 0.4) is 0 Å². The Labute approximate surface area is 201 Å². The van der Waals surface area contributed by atoms with Crippen LogP contribution < -0.4 is 15.4 Å². The van der Waals surface area contributed by atoms with Gasteiger partial charge in [-0.05, 0) is 0 Å². The van der Waals surface area contributed by atoms with E-state index >= 15 is 0 Å². The molecule has 0 aromatic heterocycles. The van der Waals surface area contributed by atoms with Crippen LogP contribution in [0.4, 0.5) is 0 Å². The van der Waals surface area contributed by atoms with Gasteiger partial charge in [-0.1, -0.05) is 0 Å². The van der Waals surface area contributed by atoms with Crippen LogP contribution in [0.15, 0.2) is 0 Å². The second-order valence-electron chi connectivity index (χ2n) is 6.37. The van der Waals surface area contributed by atoms with Crippen molar-refractivity contribution < 1.29 is 44.1 Å². The summed E-state index contributed by atoms with van der Waals surface area (Å²) in [6.45, 7) is -1.45. The van der Waals surface area contributed by atoms with Crippen molar-refractivity contribution in [1.29, 1.82) is 0 Å². The number of aliphatic carboxylic acids is 3. The van der Waals surface area contributed by atoms with Crippen LogP contribution in [-0.2, 0) is 28.8 Å². The molecule has 13 nitrogen and oxygen atoms in total. The molecule has 0 fully saturated rings. The molecule has 0 saturated heterocycles. The molecule has 182 valence electrons. The molecule has 7 N–H and O–H groups in total. The van der Waals surface area contributed by atoms with Crippen molar-refractivity contribution in [3.05, 3.63) is 0 Å². The van der Waals surface area contributed by atoms with Crippen molar-refractivity contribution in [2.45, 2.75) is 37.4 Å². The quantitative estimate of drug-likeness (QED) is 0.0662. The summed E-state index contributed by atoms with van der Waals surface area (Å²) < 4.78 is 1.98. The topological polar surface area (TPSA) is 216 Å². The van der Waals surface area contributed by atoms with Gasteiger partial charge in [-0.25, -0.2) is 0 Å². The summed E-state index contributed by atoms with van der Waals surface area (Å²) in [5.74, 6) is -5.40. The molecule has 0 aliphatic heterocycles. The van der Waals surface area contributed by atoms with Gasteiger partial charge in [-0.3, -0.25) is 0 Å². The van der Waals surface area contributed by atoms with Crippen molar-refractivity contribution in [2.24, 2.45) is 5.73 Å². The van der Waals surface area contributed by atoms with E-state index in [9.17, 15) is 28.8 Å². The number of nitrogens with two attached hydrogens (primary N) is 1. The number of hydrogen-bond acceptors (Lipinski definition) is 10. The summed E-state index contributed by atoms with van der Waals surface area (Å²) in [4.78, 5) is 70.6. The maximum atomic E-state index is 12.7. The number of hydrogen-bond donors (Lipinski definition) is 8. The van der Waals surface area contributed by atoms with Crippen LogP contribution in [0, 0.1) is 0 Å². The minimum atomic E-state index is -1.40. The zero-order valence-electron chi connectivity index (χ0n) is 16.8. The molecule has 0 aliphatic carbocycles. The number of nitrogens with zero attached hydrogens (tertiary/aromatic N) is 1. The fraction of sp³-hybridized carbons (Fsp3) is 0.625. The maximum absolute atomic E-state index is 12.7. The molecule has 0 aliphatic rings. The summed E-state index contributed by atoms with van der Waals surface area (Å²) in [5, 5.41) is 29.2. The average Bonchev–Trinajstić information content (AvgIpc) is 2.71. The molecule has 3 atom stereocenters. The molecule has 0 heterocycles. The van der Waals surface area contributed by atoms with E-state index in [1.165, 1.54) is 0 Å². The molecule has 0 radical (unpaired) electrons. The molecule has 2 amide bonds. The molecule has 0 spiro atoms. The predicted octanol–water partition coefficient (Wildman–Crippen LogP) is -2.99. The van der Waals surface area contributed by atoms with Crippen LogP contribution in [-0.4, -0.2) is 113 Å². The van der Waals surface area contributed by atoms with Gasteiger partial charge in [0.15, 0.2) is 0 Å². The number of thiol groups is 2. The van der Waals surface area contributed by atoms with E-state index in [4.69, 9.17) is 21.1 Å². The van der Waals surface area contributed by atoms with Crippen molar-refractivity contribution >= 4 is 74.8 Å². The van der Waals surface area contributed by atoms with Gasteiger partial charge in [-0.15, -0.1) is 0 Å². The fourth-order valence-corrected chi connectivity index (χ4v) is 4.15. The third-order valence-electron chi connectivity index (χ3n) is 3.80. The first-order valence-corrected chi connectivity index (χ1v) is 12.1. The number of nitrogens with one attached hydrogen (secondary N) is 2. The predicted molar refractivity (Wildman–Crippen MR) is 119 cm³/mol. The van der Waals surface area contributed by atoms with Crippen LogP contribution in [0.1, 0.15) is 19.3 Å². The Morgan fingerprint density at radius 2 is 1.56 bits per heavy atom. The zero-order valence-corrected chi connectivity index (χ0v) is 20.3. The molecule has 0 saturated carbocycles. The van der Waals surface area contributed by atoms with Crippen molar-refractivity contribution in [1.82, 2.24) is 14.5 Å². The Bertz CT molecular complexity index is 713. The van der Waals surface area contributed by atoms with Crippen molar-refractivity contribution in [3.8, 4) is 0 Å². The first kappa shape index (κ1) is 30.2. The number of carbonyl (C=O) groups is 6. The van der Waals surface area contributed by atoms with Gasteiger partial charge in [0.2, 0.25) is 0 Å². The monoisotopic (exact) mass is 562 g/mol. The average molecular weight is 561 g/mol. The number of rotatable bonds is 17. The Morgan fingerprint density at radius 1 is 0.938 bits per heavy atom. The zero-order chi connectivity index (χ0) is 24.8. The first-order chi connectivity index (χ1) is 14.9. The van der Waals surface area contributed by atoms with Gasteiger partial charge in [0.1, 0.15) is 0 Å². The summed E-state index contributed by atoms with van der Waals surface area (Å²) in [6.07, 6.45) is -0.320. The normalized spacial score (nSPS) is 13.5. The first-order valence-electron chi connectivity index (χ1n) is 9.10. The molecule has 2 unspecified atom stereocenters. The van der Waals surface area contributed by atoms with E-state index in [1.54, 1.807) is 0 Å². The van der Waals surface area contributed by atoms with E-state index < -0.39 is 80.8 Å². The van der Waals surface area contributed by atoms with E-state index in [0.29, 0.717) is 4.90 Å². The number of amides is 2. The third kappa shape index (κ3) is 12.3. The minimum absolute atomic E-state index is 0.157. The molecule has 16 heteroatoms. The summed E-state index contributed by atoms with van der Waals surface area (Å²) in [6, 6.07) is -3.55. The van der Waals surface area contributed by atoms with Crippen LogP contribution >= 0.6 is 25.3 Å². The van der Waals surface area contributed by atoms with Gasteiger partial charge in [0.05, 0.1) is 0 Å². The Hall–Kier alpha value is -1.84. The fourth-order valence-electron chi connectivity index (χ4n) is 2.14. The Morgan fingerprint density at radius 3 is 2.03 bits per heavy atom. The van der Waals surface area contributed by atoms with Gasteiger partial charge >= 0.3 is 201 Å². The van der Waals surface area contributed by atoms with Crippen LogP contribution in [0.5, 0.6) is 0 Å². The number of carboxylic acids is 3. The molecule has 0 bridgehead atoms. The summed E-state index contributed by atoms with van der Waals surface area (Å²) in [7, 11) is 0. The van der Waals surface area contributed by atoms with E-state index in [1.807, 2.05) is 0 Å². The van der Waals surface area contributed by atoms with E-state index in [0.717, 1.165) is 0 Å². The molecule has 32 heavy (non-hydrogen) atoms. The van der Waals surface area contributed by atoms with Gasteiger partial charge in [-0.2, -0.15) is 0 Å². The SMILES string of the molecule is NC(CCC(=O)NC(CS)C(=O)N(CC(=O)O)CC(=O)[Se]N[C@@H](CCS)C(=O)O)C(=O)O. The van der Waals surface area contributed by atoms with Crippen LogP contribution in [0.25, 0.3) is 0 Å². The third-order valence-corrected chi connectivity index (χ3v) is 6.02. The molecular formula is C16H26N4O9S2Se. The molecular weight excluding hydrogens is 535 g/mol. The number of carbonyl (C=O) groups excluding carboxylic acids is 3. The summed E-state index contributed by atoms with van der Waals surface area (Å²) >= 11 is 6.85. The van der Waals surface area contributed by atoms with E-state index in [2.05, 4.69) is 34.9 Å². The summed E-state index contributed by atoms with van der Waals surface area (Å²) in [5.41, 5.74) is 5.32. The molecule has 0 aromatic rings. The molecule has 0 rings (SSSR count). The van der Waals surface area contributed by atoms with Crippen molar-refractivity contribution in [2.75, 3.05) is 24.6 Å². The van der Waals surface area contributed by atoms with Crippen LogP contribution in [0.2, 0.25) is 0 Å². The standard InChI is InChI=1S/C16H26N4O9S2Se/c17-8(15(26)27)1-2-11(21)18-10(7-31)14(25)20(5-12(22)23)6-13(24)32-19-9(3-4-30)16(28)29/h8-10,19,30-31H,1-7,17H2,(H,18,21)(H,22,23)(H,26,27)(H,28,29)/t8?,9-,10?/m0/s1. The van der Waals surface area contributed by atoms with Crippen molar-refractivity contribution in [3.63, 3.8) is 0 Å².